The van der Waals surface area contributed by atoms with E-state index in [-0.39, 0.29) is 18.6 Å². The van der Waals surface area contributed by atoms with Gasteiger partial charge in [0.05, 0.1) is 6.04 Å². The molecule has 3 atom stereocenters. The van der Waals surface area contributed by atoms with Gasteiger partial charge in [-0.1, -0.05) is 12.1 Å². The fourth-order valence-electron chi connectivity index (χ4n) is 3.04. The number of phenolic OH excluding ortho intramolecular Hbond substituents is 1. The molecule has 0 aliphatic heterocycles. The van der Waals surface area contributed by atoms with Crippen LogP contribution in [0.2, 0.25) is 0 Å². The van der Waals surface area contributed by atoms with Crippen molar-refractivity contribution >= 4 is 17.8 Å². The fraction of sp³-hybridized carbons (Fsp3) is 0.571. The zero-order valence-electron chi connectivity index (χ0n) is 17.8. The summed E-state index contributed by atoms with van der Waals surface area (Å²) in [7, 11) is 0. The lowest BCUT2D eigenvalue weighted by atomic mass is 10.0. The Bertz CT molecular complexity index is 698. The van der Waals surface area contributed by atoms with Crippen LogP contribution in [0.4, 0.5) is 0 Å². The molecule has 0 unspecified atom stereocenters. The van der Waals surface area contributed by atoms with Crippen molar-refractivity contribution in [3.05, 3.63) is 29.8 Å². The molecule has 174 valence electrons. The minimum Gasteiger partial charge on any atom is -0.508 e. The number of nitrogens with two attached hydrogens (primary N) is 3. The minimum absolute atomic E-state index is 0.109. The van der Waals surface area contributed by atoms with Crippen LogP contribution in [-0.4, -0.2) is 59.2 Å². The molecule has 10 nitrogen and oxygen atoms in total. The van der Waals surface area contributed by atoms with E-state index in [1.54, 1.807) is 12.1 Å². The molecule has 10 N–H and O–H groups in total. The second kappa shape index (κ2) is 14.3. The zero-order chi connectivity index (χ0) is 23.2. The van der Waals surface area contributed by atoms with Crippen molar-refractivity contribution < 1.29 is 24.6 Å². The highest BCUT2D eigenvalue weighted by molar-refractivity contribution is 5.91. The van der Waals surface area contributed by atoms with Gasteiger partial charge >= 0.3 is 5.97 Å². The molecule has 31 heavy (non-hydrogen) atoms. The number of carbonyl (C=O) groups excluding carboxylic acids is 2. The number of hydrogen-bond acceptors (Lipinski definition) is 7. The lowest BCUT2D eigenvalue weighted by molar-refractivity contribution is -0.142. The van der Waals surface area contributed by atoms with Gasteiger partial charge in [0.2, 0.25) is 11.8 Å². The van der Waals surface area contributed by atoms with Crippen LogP contribution in [0.1, 0.15) is 44.1 Å². The van der Waals surface area contributed by atoms with Crippen molar-refractivity contribution in [1.29, 1.82) is 0 Å². The van der Waals surface area contributed by atoms with Crippen molar-refractivity contribution in [2.24, 2.45) is 17.2 Å². The number of carbonyl (C=O) groups is 3. The number of aromatic hydroxyl groups is 1. The van der Waals surface area contributed by atoms with E-state index in [0.717, 1.165) is 5.56 Å². The van der Waals surface area contributed by atoms with Gasteiger partial charge in [-0.15, -0.1) is 0 Å². The monoisotopic (exact) mass is 437 g/mol. The Kier molecular flexibility index (Phi) is 12.2. The third-order valence-corrected chi connectivity index (χ3v) is 4.87. The molecule has 0 saturated carbocycles. The van der Waals surface area contributed by atoms with Crippen LogP contribution in [0.5, 0.6) is 5.75 Å². The Labute approximate surface area is 182 Å². The maximum Gasteiger partial charge on any atom is 0.326 e. The number of unbranched alkanes of at least 4 members (excludes halogenated alkanes) is 2. The molecular formula is C21H35N5O5. The number of phenols is 1. The molecule has 10 heteroatoms. The fourth-order valence-corrected chi connectivity index (χ4v) is 3.04. The molecule has 0 bridgehead atoms. The van der Waals surface area contributed by atoms with Crippen molar-refractivity contribution in [3.8, 4) is 5.75 Å². The topological polar surface area (TPSA) is 194 Å². The lowest BCUT2D eigenvalue weighted by Crippen LogP contribution is -2.54. The maximum atomic E-state index is 12.7. The van der Waals surface area contributed by atoms with Gasteiger partial charge in [0.1, 0.15) is 17.8 Å². The molecule has 1 aromatic rings. The standard InChI is InChI=1S/C21H35N5O5/c22-11-3-1-5-17(20(29)26-18(21(30)31)6-2-4-12-23)25-19(28)16(24)13-14-7-9-15(27)10-8-14/h7-10,16-18,27H,1-6,11-13,22-24H2,(H,25,28)(H,26,29)(H,30,31)/t16-,17-,18-/m0/s1. The number of carboxylic acids is 1. The van der Waals surface area contributed by atoms with Crippen molar-refractivity contribution in [2.75, 3.05) is 13.1 Å². The van der Waals surface area contributed by atoms with E-state index in [1.807, 2.05) is 0 Å². The number of nitrogens with one attached hydrogen (secondary N) is 2. The first-order chi connectivity index (χ1) is 14.8. The Morgan fingerprint density at radius 1 is 0.839 bits per heavy atom. The normalized spacial score (nSPS) is 13.8. The molecule has 0 saturated heterocycles. The highest BCUT2D eigenvalue weighted by Crippen LogP contribution is 2.11. The third kappa shape index (κ3) is 10.3. The number of rotatable bonds is 15. The number of hydrogen-bond donors (Lipinski definition) is 7. The summed E-state index contributed by atoms with van der Waals surface area (Å²) in [6.07, 6.45) is 3.26. The van der Waals surface area contributed by atoms with E-state index in [0.29, 0.717) is 45.2 Å². The summed E-state index contributed by atoms with van der Waals surface area (Å²) >= 11 is 0. The molecule has 0 spiro atoms. The van der Waals surface area contributed by atoms with Crippen LogP contribution >= 0.6 is 0 Å². The second-order valence-corrected chi connectivity index (χ2v) is 7.51. The molecule has 1 aromatic carbocycles. The van der Waals surface area contributed by atoms with E-state index in [9.17, 15) is 24.6 Å². The van der Waals surface area contributed by atoms with Gasteiger partial charge < -0.3 is 38.0 Å². The van der Waals surface area contributed by atoms with Gasteiger partial charge in [-0.3, -0.25) is 9.59 Å². The number of carboxylic acid groups (broad SMARTS) is 1. The van der Waals surface area contributed by atoms with Gasteiger partial charge in [-0.25, -0.2) is 4.79 Å². The van der Waals surface area contributed by atoms with Crippen LogP contribution in [0, 0.1) is 0 Å². The number of benzene rings is 1. The van der Waals surface area contributed by atoms with E-state index in [1.165, 1.54) is 12.1 Å². The van der Waals surface area contributed by atoms with Gasteiger partial charge in [-0.2, -0.15) is 0 Å². The predicted molar refractivity (Wildman–Crippen MR) is 117 cm³/mol. The molecular weight excluding hydrogens is 402 g/mol. The van der Waals surface area contributed by atoms with E-state index >= 15 is 0 Å². The first kappa shape index (κ1) is 26.3. The number of aliphatic carboxylic acids is 1. The quantitative estimate of drug-likeness (QED) is 0.180. The largest absolute Gasteiger partial charge is 0.508 e. The summed E-state index contributed by atoms with van der Waals surface area (Å²) < 4.78 is 0. The molecule has 0 aliphatic carbocycles. The average molecular weight is 438 g/mol. The minimum atomic E-state index is -1.14. The summed E-state index contributed by atoms with van der Waals surface area (Å²) in [5.41, 5.74) is 17.7. The van der Waals surface area contributed by atoms with Gasteiger partial charge in [0.15, 0.2) is 0 Å². The summed E-state index contributed by atoms with van der Waals surface area (Å²) in [5.74, 6) is -2.11. The Morgan fingerprint density at radius 3 is 1.87 bits per heavy atom. The van der Waals surface area contributed by atoms with E-state index in [4.69, 9.17) is 17.2 Å². The van der Waals surface area contributed by atoms with Crippen molar-refractivity contribution in [2.45, 2.75) is 63.1 Å². The smallest absolute Gasteiger partial charge is 0.326 e. The lowest BCUT2D eigenvalue weighted by Gasteiger charge is -2.23. The first-order valence-electron chi connectivity index (χ1n) is 10.6. The molecule has 1 rings (SSSR count). The molecule has 0 fully saturated rings. The summed E-state index contributed by atoms with van der Waals surface area (Å²) in [4.78, 5) is 36.8. The highest BCUT2D eigenvalue weighted by atomic mass is 16.4. The van der Waals surface area contributed by atoms with Gasteiger partial charge in [0.25, 0.3) is 0 Å². The maximum absolute atomic E-state index is 12.7. The average Bonchev–Trinajstić information content (AvgIpc) is 2.73. The Morgan fingerprint density at radius 2 is 1.35 bits per heavy atom. The summed E-state index contributed by atoms with van der Waals surface area (Å²) in [5, 5.41) is 23.9. The molecule has 0 radical (unpaired) electrons. The third-order valence-electron chi connectivity index (χ3n) is 4.87. The molecule has 0 aliphatic rings. The van der Waals surface area contributed by atoms with Crippen LogP contribution in [0.3, 0.4) is 0 Å². The van der Waals surface area contributed by atoms with Crippen LogP contribution in [0.15, 0.2) is 24.3 Å². The van der Waals surface area contributed by atoms with E-state index < -0.39 is 35.9 Å². The SMILES string of the molecule is NCCCC[C@H](NC(=O)[C@H](CCCCN)NC(=O)[C@@H](N)Cc1ccc(O)cc1)C(=O)O. The Hall–Kier alpha value is -2.69. The van der Waals surface area contributed by atoms with Gasteiger partial charge in [0, 0.05) is 0 Å². The number of amides is 2. The summed E-state index contributed by atoms with van der Waals surface area (Å²) in [6, 6.07) is 3.44. The zero-order valence-corrected chi connectivity index (χ0v) is 17.8. The molecule has 2 amide bonds. The van der Waals surface area contributed by atoms with Crippen LogP contribution < -0.4 is 27.8 Å². The predicted octanol–water partition coefficient (Wildman–Crippen LogP) is -0.426. The summed E-state index contributed by atoms with van der Waals surface area (Å²) in [6.45, 7) is 0.885. The van der Waals surface area contributed by atoms with Crippen molar-refractivity contribution in [1.82, 2.24) is 10.6 Å². The van der Waals surface area contributed by atoms with Crippen LogP contribution in [0.25, 0.3) is 0 Å². The highest BCUT2D eigenvalue weighted by Gasteiger charge is 2.27. The Balaban J connectivity index is 2.75. The van der Waals surface area contributed by atoms with Gasteiger partial charge in [-0.05, 0) is 75.7 Å². The molecule has 0 aromatic heterocycles. The van der Waals surface area contributed by atoms with Crippen LogP contribution in [-0.2, 0) is 20.8 Å². The molecule has 0 heterocycles. The van der Waals surface area contributed by atoms with Crippen molar-refractivity contribution in [3.63, 3.8) is 0 Å². The second-order valence-electron chi connectivity index (χ2n) is 7.51. The first-order valence-corrected chi connectivity index (χ1v) is 10.6. The van der Waals surface area contributed by atoms with E-state index in [2.05, 4.69) is 10.6 Å².